The van der Waals surface area contributed by atoms with Gasteiger partial charge in [-0.15, -0.1) is 0 Å². The van der Waals surface area contributed by atoms with Crippen LogP contribution in [-0.2, 0) is 10.2 Å². The van der Waals surface area contributed by atoms with Crippen LogP contribution in [0.5, 0.6) is 11.5 Å². The third-order valence-electron chi connectivity index (χ3n) is 4.51. The third-order valence-corrected chi connectivity index (χ3v) is 4.51. The number of allylic oxidation sites excluding steroid dienone is 2. The molecule has 0 amide bonds. The maximum atomic E-state index is 11.7. The molecule has 0 saturated carbocycles. The molecule has 0 saturated heterocycles. The van der Waals surface area contributed by atoms with Crippen molar-refractivity contribution in [2.75, 3.05) is 14.2 Å². The van der Waals surface area contributed by atoms with E-state index in [-0.39, 0.29) is 11.2 Å². The molecule has 1 aliphatic rings. The number of ether oxygens (including phenoxy) is 2. The molecule has 0 radical (unpaired) electrons. The number of benzene rings is 2. The SMILES string of the molecule is COc1ccc(C2(c3ccccc3)C=CC(=O)CC2)cc1OC. The molecule has 23 heavy (non-hydrogen) atoms. The summed E-state index contributed by atoms with van der Waals surface area (Å²) in [6, 6.07) is 16.3. The number of hydrogen-bond donors (Lipinski definition) is 0. The summed E-state index contributed by atoms with van der Waals surface area (Å²) in [5.74, 6) is 1.58. The number of ketones is 1. The van der Waals surface area contributed by atoms with Gasteiger partial charge in [-0.2, -0.15) is 0 Å². The molecule has 1 unspecified atom stereocenters. The van der Waals surface area contributed by atoms with Crippen LogP contribution in [0.3, 0.4) is 0 Å². The molecule has 0 heterocycles. The molecule has 2 aromatic carbocycles. The zero-order chi connectivity index (χ0) is 16.3. The van der Waals surface area contributed by atoms with E-state index in [2.05, 4.69) is 18.2 Å². The molecule has 3 rings (SSSR count). The van der Waals surface area contributed by atoms with E-state index >= 15 is 0 Å². The molecule has 0 N–H and O–H groups in total. The molecule has 3 heteroatoms. The lowest BCUT2D eigenvalue weighted by atomic mass is 9.68. The lowest BCUT2D eigenvalue weighted by molar-refractivity contribution is -0.115. The highest BCUT2D eigenvalue weighted by molar-refractivity contribution is 5.91. The summed E-state index contributed by atoms with van der Waals surface area (Å²) in [7, 11) is 3.26. The first-order chi connectivity index (χ1) is 11.2. The average Bonchev–Trinajstić information content (AvgIpc) is 2.63. The Hall–Kier alpha value is -2.55. The van der Waals surface area contributed by atoms with Crippen molar-refractivity contribution in [3.63, 3.8) is 0 Å². The fourth-order valence-corrected chi connectivity index (χ4v) is 3.22. The molecule has 1 atom stereocenters. The largest absolute Gasteiger partial charge is 0.493 e. The predicted molar refractivity (Wildman–Crippen MR) is 90.1 cm³/mol. The van der Waals surface area contributed by atoms with Crippen LogP contribution < -0.4 is 9.47 Å². The fourth-order valence-electron chi connectivity index (χ4n) is 3.22. The molecule has 0 aliphatic heterocycles. The van der Waals surface area contributed by atoms with Crippen LogP contribution in [0, 0.1) is 0 Å². The monoisotopic (exact) mass is 308 g/mol. The van der Waals surface area contributed by atoms with Gasteiger partial charge in [-0.05, 0) is 35.8 Å². The standard InChI is InChI=1S/C20H20O3/c1-22-18-9-8-16(14-19(18)23-2)20(12-10-17(21)11-13-20)15-6-4-3-5-7-15/h3-10,12,14H,11,13H2,1-2H3. The summed E-state index contributed by atoms with van der Waals surface area (Å²) >= 11 is 0. The number of hydrogen-bond acceptors (Lipinski definition) is 3. The van der Waals surface area contributed by atoms with E-state index in [1.807, 2.05) is 36.4 Å². The zero-order valence-corrected chi connectivity index (χ0v) is 13.4. The lowest BCUT2D eigenvalue weighted by Crippen LogP contribution is -2.29. The van der Waals surface area contributed by atoms with E-state index in [0.29, 0.717) is 17.9 Å². The van der Waals surface area contributed by atoms with Crippen LogP contribution in [0.15, 0.2) is 60.7 Å². The first-order valence-corrected chi connectivity index (χ1v) is 7.70. The van der Waals surface area contributed by atoms with Crippen molar-refractivity contribution in [3.05, 3.63) is 71.8 Å². The van der Waals surface area contributed by atoms with Crippen molar-refractivity contribution < 1.29 is 14.3 Å². The first kappa shape index (κ1) is 15.3. The van der Waals surface area contributed by atoms with E-state index in [9.17, 15) is 4.79 Å². The van der Waals surface area contributed by atoms with E-state index in [1.165, 1.54) is 5.56 Å². The Kier molecular flexibility index (Phi) is 4.20. The second kappa shape index (κ2) is 6.29. The van der Waals surface area contributed by atoms with Gasteiger partial charge in [-0.3, -0.25) is 4.79 Å². The van der Waals surface area contributed by atoms with Gasteiger partial charge in [-0.25, -0.2) is 0 Å². The van der Waals surface area contributed by atoms with Crippen molar-refractivity contribution in [3.8, 4) is 11.5 Å². The fraction of sp³-hybridized carbons (Fsp3) is 0.250. The molecular formula is C20H20O3. The van der Waals surface area contributed by atoms with Gasteiger partial charge in [0, 0.05) is 11.8 Å². The van der Waals surface area contributed by atoms with E-state index < -0.39 is 0 Å². The number of carbonyl (C=O) groups excluding carboxylic acids is 1. The van der Waals surface area contributed by atoms with Gasteiger partial charge in [0.1, 0.15) is 0 Å². The Bertz CT molecular complexity index is 734. The lowest BCUT2D eigenvalue weighted by Gasteiger charge is -2.34. The smallest absolute Gasteiger partial charge is 0.161 e. The second-order valence-corrected chi connectivity index (χ2v) is 5.71. The van der Waals surface area contributed by atoms with Gasteiger partial charge in [0.05, 0.1) is 14.2 Å². The molecule has 118 valence electrons. The van der Waals surface area contributed by atoms with Gasteiger partial charge in [-0.1, -0.05) is 42.5 Å². The van der Waals surface area contributed by atoms with Crippen molar-refractivity contribution in [2.45, 2.75) is 18.3 Å². The topological polar surface area (TPSA) is 35.5 Å². The average molecular weight is 308 g/mol. The van der Waals surface area contributed by atoms with Crippen molar-refractivity contribution >= 4 is 5.78 Å². The van der Waals surface area contributed by atoms with Crippen LogP contribution >= 0.6 is 0 Å². The summed E-state index contributed by atoms with van der Waals surface area (Å²) < 4.78 is 10.8. The van der Waals surface area contributed by atoms with Crippen LogP contribution in [-0.4, -0.2) is 20.0 Å². The third kappa shape index (κ3) is 2.74. The van der Waals surface area contributed by atoms with Gasteiger partial charge in [0.15, 0.2) is 17.3 Å². The minimum absolute atomic E-state index is 0.178. The summed E-state index contributed by atoms with van der Waals surface area (Å²) in [5.41, 5.74) is 1.97. The molecule has 1 aliphatic carbocycles. The Morgan fingerprint density at radius 1 is 0.913 bits per heavy atom. The molecule has 0 bridgehead atoms. The van der Waals surface area contributed by atoms with Crippen molar-refractivity contribution in [1.29, 1.82) is 0 Å². The van der Waals surface area contributed by atoms with Gasteiger partial charge in [0.25, 0.3) is 0 Å². The maximum Gasteiger partial charge on any atom is 0.161 e. The summed E-state index contributed by atoms with van der Waals surface area (Å²) in [5, 5.41) is 0. The highest BCUT2D eigenvalue weighted by Gasteiger charge is 2.35. The van der Waals surface area contributed by atoms with Crippen LogP contribution in [0.4, 0.5) is 0 Å². The van der Waals surface area contributed by atoms with E-state index in [1.54, 1.807) is 20.3 Å². The molecule has 0 aromatic heterocycles. The Morgan fingerprint density at radius 2 is 1.65 bits per heavy atom. The normalized spacial score (nSPS) is 20.3. The molecule has 3 nitrogen and oxygen atoms in total. The Labute approximate surface area is 136 Å². The summed E-state index contributed by atoms with van der Waals surface area (Å²) in [4.78, 5) is 11.7. The van der Waals surface area contributed by atoms with Crippen molar-refractivity contribution in [2.24, 2.45) is 0 Å². The van der Waals surface area contributed by atoms with E-state index in [4.69, 9.17) is 9.47 Å². The summed E-state index contributed by atoms with van der Waals surface area (Å²) in [6.45, 7) is 0. The maximum absolute atomic E-state index is 11.7. The zero-order valence-electron chi connectivity index (χ0n) is 13.4. The van der Waals surface area contributed by atoms with Crippen LogP contribution in [0.1, 0.15) is 24.0 Å². The van der Waals surface area contributed by atoms with Crippen molar-refractivity contribution in [1.82, 2.24) is 0 Å². The predicted octanol–water partition coefficient (Wildman–Crippen LogP) is 3.91. The molecule has 0 spiro atoms. The first-order valence-electron chi connectivity index (χ1n) is 7.70. The minimum atomic E-state index is -0.311. The molecular weight excluding hydrogens is 288 g/mol. The number of methoxy groups -OCH3 is 2. The number of carbonyl (C=O) groups is 1. The quantitative estimate of drug-likeness (QED) is 0.859. The Balaban J connectivity index is 2.17. The van der Waals surface area contributed by atoms with Crippen LogP contribution in [0.25, 0.3) is 0 Å². The van der Waals surface area contributed by atoms with Gasteiger partial charge in [0.2, 0.25) is 0 Å². The van der Waals surface area contributed by atoms with E-state index in [0.717, 1.165) is 12.0 Å². The summed E-state index contributed by atoms with van der Waals surface area (Å²) in [6.07, 6.45) is 5.02. The Morgan fingerprint density at radius 3 is 2.26 bits per heavy atom. The molecule has 0 fully saturated rings. The van der Waals surface area contributed by atoms with Crippen LogP contribution in [0.2, 0.25) is 0 Å². The van der Waals surface area contributed by atoms with Gasteiger partial charge >= 0.3 is 0 Å². The minimum Gasteiger partial charge on any atom is -0.493 e. The molecule has 2 aromatic rings. The van der Waals surface area contributed by atoms with Gasteiger partial charge < -0.3 is 9.47 Å². The highest BCUT2D eigenvalue weighted by atomic mass is 16.5. The highest BCUT2D eigenvalue weighted by Crippen LogP contribution is 2.43. The second-order valence-electron chi connectivity index (χ2n) is 5.71. The number of rotatable bonds is 4.